The summed E-state index contributed by atoms with van der Waals surface area (Å²) in [6, 6.07) is 20.5. The number of rotatable bonds is 32. The SMILES string of the molecule is CNC(=O)C(CCC=O)N1C(=O)c2cccc(NCCOCCOCCC(=O)N3CCN(CCC(CSc4ccccc4)Nc4ccc(S(=O)(=O)NC(=O)c5ccc(N6CCN(CC7=C(C8C=C(C(F)F)C8)CC(C)(C)CC7)CC6)cc5)cc4S(=O)(=O)C(F)(F)F)CC3)c2C1=O. The fraction of sp³-hybridized carbons (Fsp3) is 0.493. The van der Waals surface area contributed by atoms with Gasteiger partial charge >= 0.3 is 5.51 Å². The van der Waals surface area contributed by atoms with Crippen LogP contribution in [0.2, 0.25) is 0 Å². The number of likely N-dealkylation sites (N-methyl/N-ethyl adjacent to an activating group) is 1. The fourth-order valence-corrected chi connectivity index (χ4v) is 15.6. The topological polar surface area (TPSA) is 253 Å². The highest BCUT2D eigenvalue weighted by Gasteiger charge is 2.49. The van der Waals surface area contributed by atoms with Crippen molar-refractivity contribution >= 4 is 84.5 Å². The van der Waals surface area contributed by atoms with Crippen LogP contribution in [-0.2, 0) is 43.7 Å². The summed E-state index contributed by atoms with van der Waals surface area (Å²) >= 11 is 1.38. The van der Waals surface area contributed by atoms with Gasteiger partial charge < -0.3 is 40.0 Å². The number of amides is 5. The van der Waals surface area contributed by atoms with Gasteiger partial charge in [0.1, 0.15) is 17.2 Å². The van der Waals surface area contributed by atoms with Gasteiger partial charge in [-0.1, -0.05) is 55.3 Å². The first-order valence-corrected chi connectivity index (χ1v) is 36.0. The molecule has 5 aliphatic rings. The van der Waals surface area contributed by atoms with Crippen molar-refractivity contribution in [2.24, 2.45) is 11.3 Å². The summed E-state index contributed by atoms with van der Waals surface area (Å²) in [6.45, 7) is 11.0. The minimum absolute atomic E-state index is 0.0179. The van der Waals surface area contributed by atoms with Crippen LogP contribution in [0, 0.1) is 11.3 Å². The fourth-order valence-electron chi connectivity index (χ4n) is 12.5. The van der Waals surface area contributed by atoms with E-state index < -0.39 is 83.0 Å². The number of halogens is 5. The Morgan fingerprint density at radius 2 is 1.49 bits per heavy atom. The van der Waals surface area contributed by atoms with Gasteiger partial charge in [-0.05, 0) is 116 Å². The maximum Gasteiger partial charge on any atom is 0.501 e. The van der Waals surface area contributed by atoms with Crippen LogP contribution in [0.3, 0.4) is 0 Å². The smallest absolute Gasteiger partial charge is 0.382 e. The second kappa shape index (κ2) is 32.4. The number of hydrogen-bond acceptors (Lipinski definition) is 18. The van der Waals surface area contributed by atoms with Gasteiger partial charge in [-0.3, -0.25) is 38.7 Å². The molecule has 0 aromatic heterocycles. The molecule has 0 spiro atoms. The Kier molecular flexibility index (Phi) is 24.6. The van der Waals surface area contributed by atoms with E-state index in [0.717, 1.165) is 66.5 Å². The highest BCUT2D eigenvalue weighted by Crippen LogP contribution is 2.47. The summed E-state index contributed by atoms with van der Waals surface area (Å²) in [4.78, 5) is 84.8. The molecule has 96 heavy (non-hydrogen) atoms. The van der Waals surface area contributed by atoms with Gasteiger partial charge in [0.15, 0.2) is 0 Å². The van der Waals surface area contributed by atoms with Crippen LogP contribution in [0.1, 0.15) is 96.3 Å². The number of piperazine rings is 2. The van der Waals surface area contributed by atoms with Gasteiger partial charge in [0.05, 0.1) is 54.6 Å². The molecule has 5 amide bonds. The van der Waals surface area contributed by atoms with E-state index in [1.54, 1.807) is 35.2 Å². The standard InChI is InChI=1S/C67H82F5N9O12S3/c1-66(2)23-20-46(54(42-66)47-39-48(40-47)61(68)69)43-78-28-30-79(31-29-78)50-16-14-45(15-17-50)62(84)76-96(90,91)52-18-19-55(58(41-52)95(88,89)67(70,71)72)75-49(44-94-51-9-5-4-6-10-51)21-25-77-26-32-80(33-27-77)59(83)22-35-92-37-38-93-36-24-74-56-12-7-11-53-60(56)65(87)81(64(53)86)57(13-8-34-82)63(85)73-3/h4-7,9-12,14-19,34,39,41,47,49,57,61,74-75H,8,13,20-33,35-38,40,42-44H2,1-3H3,(H,73,85)(H,76,84). The summed E-state index contributed by atoms with van der Waals surface area (Å²) in [5, 5.41) is 8.54. The molecule has 29 heteroatoms. The lowest BCUT2D eigenvalue weighted by Crippen LogP contribution is -2.49. The predicted molar refractivity (Wildman–Crippen MR) is 353 cm³/mol. The van der Waals surface area contributed by atoms with Crippen LogP contribution >= 0.6 is 11.8 Å². The van der Waals surface area contributed by atoms with Crippen molar-refractivity contribution in [3.63, 3.8) is 0 Å². The third-order valence-electron chi connectivity index (χ3n) is 18.0. The summed E-state index contributed by atoms with van der Waals surface area (Å²) in [7, 11) is -9.77. The highest BCUT2D eigenvalue weighted by atomic mass is 32.2. The molecule has 4 aromatic rings. The molecule has 3 atom stereocenters. The first kappa shape index (κ1) is 73.0. The average Bonchev–Trinajstić information content (AvgIpc) is 1.50. The number of fused-ring (bicyclic) bond motifs is 1. The average molecular weight is 1400 g/mol. The molecule has 2 aliphatic carbocycles. The molecule has 0 bridgehead atoms. The molecule has 21 nitrogen and oxygen atoms in total. The Morgan fingerprint density at radius 3 is 2.16 bits per heavy atom. The van der Waals surface area contributed by atoms with Crippen molar-refractivity contribution in [3.8, 4) is 0 Å². The third kappa shape index (κ3) is 18.3. The van der Waals surface area contributed by atoms with Crippen LogP contribution in [0.25, 0.3) is 0 Å². The molecule has 520 valence electrons. The maximum atomic E-state index is 14.5. The highest BCUT2D eigenvalue weighted by molar-refractivity contribution is 7.99. The molecular weight excluding hydrogens is 1310 g/mol. The minimum atomic E-state index is -6.19. The minimum Gasteiger partial charge on any atom is -0.382 e. The van der Waals surface area contributed by atoms with Crippen molar-refractivity contribution in [1.29, 1.82) is 0 Å². The van der Waals surface area contributed by atoms with E-state index in [1.165, 1.54) is 48.2 Å². The largest absolute Gasteiger partial charge is 0.501 e. The normalized spacial score (nSPS) is 18.6. The van der Waals surface area contributed by atoms with Crippen molar-refractivity contribution in [2.45, 2.75) is 104 Å². The molecular formula is C67H82F5N9O12S3. The van der Waals surface area contributed by atoms with Crippen molar-refractivity contribution in [3.05, 3.63) is 130 Å². The number of alkyl halides is 5. The van der Waals surface area contributed by atoms with Crippen LogP contribution in [0.5, 0.6) is 0 Å². The Bertz CT molecular complexity index is 3750. The number of nitrogens with one attached hydrogen (secondary N) is 4. The zero-order chi connectivity index (χ0) is 69.0. The van der Waals surface area contributed by atoms with E-state index >= 15 is 0 Å². The Morgan fingerprint density at radius 1 is 0.802 bits per heavy atom. The number of allylic oxidation sites excluding steroid dienone is 3. The first-order chi connectivity index (χ1) is 45.8. The summed E-state index contributed by atoms with van der Waals surface area (Å²) < 4.78 is 138. The lowest BCUT2D eigenvalue weighted by Gasteiger charge is -2.41. The van der Waals surface area contributed by atoms with Gasteiger partial charge in [0.25, 0.3) is 44.0 Å². The number of carbonyl (C=O) groups excluding carboxylic acids is 6. The Labute approximate surface area is 560 Å². The molecule has 2 saturated heterocycles. The molecule has 3 aliphatic heterocycles. The molecule has 4 aromatic carbocycles. The van der Waals surface area contributed by atoms with Gasteiger partial charge in [0.2, 0.25) is 11.8 Å². The number of benzene rings is 4. The number of carbonyl (C=O) groups is 6. The van der Waals surface area contributed by atoms with E-state index in [9.17, 15) is 67.6 Å². The van der Waals surface area contributed by atoms with Crippen molar-refractivity contribution < 1.29 is 77.0 Å². The zero-order valence-corrected chi connectivity index (χ0v) is 56.3. The van der Waals surface area contributed by atoms with Crippen LogP contribution in [-0.4, -0.2) is 207 Å². The number of sulfone groups is 1. The summed E-state index contributed by atoms with van der Waals surface area (Å²) in [5.41, 5.74) is -2.08. The van der Waals surface area contributed by atoms with Gasteiger partial charge in [-0.2, -0.15) is 13.2 Å². The van der Waals surface area contributed by atoms with E-state index in [0.29, 0.717) is 76.7 Å². The van der Waals surface area contributed by atoms with E-state index in [-0.39, 0.29) is 97.5 Å². The van der Waals surface area contributed by atoms with Gasteiger partial charge in [-0.25, -0.2) is 30.3 Å². The molecule has 0 radical (unpaired) electrons. The van der Waals surface area contributed by atoms with E-state index in [4.69, 9.17) is 9.47 Å². The number of nitrogens with zero attached hydrogens (tertiary/aromatic N) is 5. The predicted octanol–water partition coefficient (Wildman–Crippen LogP) is 8.27. The number of imide groups is 1. The number of sulfonamides is 1. The molecule has 4 N–H and O–H groups in total. The van der Waals surface area contributed by atoms with E-state index in [2.05, 4.69) is 44.5 Å². The van der Waals surface area contributed by atoms with Crippen LogP contribution in [0.15, 0.2) is 128 Å². The zero-order valence-electron chi connectivity index (χ0n) is 53.8. The Hall–Kier alpha value is -7.28. The number of thioether (sulfide) groups is 1. The van der Waals surface area contributed by atoms with Crippen LogP contribution < -0.4 is 25.6 Å². The van der Waals surface area contributed by atoms with Crippen LogP contribution in [0.4, 0.5) is 39.0 Å². The van der Waals surface area contributed by atoms with Crippen molar-refractivity contribution in [2.75, 3.05) is 127 Å². The Balaban J connectivity index is 0.736. The summed E-state index contributed by atoms with van der Waals surface area (Å²) in [6.07, 6.45) is 3.49. The molecule has 0 saturated carbocycles. The van der Waals surface area contributed by atoms with E-state index in [1.807, 2.05) is 35.1 Å². The quantitative estimate of drug-likeness (QED) is 0.00896. The molecule has 3 heterocycles. The second-order valence-electron chi connectivity index (χ2n) is 25.1. The lowest BCUT2D eigenvalue weighted by atomic mass is 9.67. The second-order valence-corrected chi connectivity index (χ2v) is 29.8. The maximum absolute atomic E-state index is 14.5. The third-order valence-corrected chi connectivity index (χ3v) is 22.1. The number of anilines is 3. The number of hydrogen-bond donors (Lipinski definition) is 4. The number of aldehydes is 1. The van der Waals surface area contributed by atoms with Gasteiger partial charge in [0, 0.05) is 125 Å². The summed E-state index contributed by atoms with van der Waals surface area (Å²) in [5.74, 6) is -2.77. The molecule has 2 fully saturated rings. The number of ether oxygens (including phenoxy) is 2. The van der Waals surface area contributed by atoms with Crippen molar-refractivity contribution in [1.82, 2.24) is 29.6 Å². The first-order valence-electron chi connectivity index (χ1n) is 32.1. The monoisotopic (exact) mass is 1400 g/mol. The van der Waals surface area contributed by atoms with Gasteiger partial charge in [-0.15, -0.1) is 11.8 Å². The molecule has 9 rings (SSSR count). The lowest BCUT2D eigenvalue weighted by molar-refractivity contribution is -0.134. The molecule has 3 unspecified atom stereocenters.